The number of aromatic nitrogens is 1. The van der Waals surface area contributed by atoms with Gasteiger partial charge in [0.15, 0.2) is 5.13 Å². The van der Waals surface area contributed by atoms with Gasteiger partial charge in [-0.25, -0.2) is 4.98 Å². The molecule has 1 N–H and O–H groups in total. The monoisotopic (exact) mass is 579 g/mol. The van der Waals surface area contributed by atoms with Gasteiger partial charge in [-0.1, -0.05) is 24.3 Å². The molecule has 2 saturated heterocycles. The predicted molar refractivity (Wildman–Crippen MR) is 161 cm³/mol. The quantitative estimate of drug-likeness (QED) is 0.549. The molecule has 214 valence electrons. The molecular formula is C33H33N5O3S. The third-order valence-electron chi connectivity index (χ3n) is 8.99. The van der Waals surface area contributed by atoms with Crippen LogP contribution in [0.3, 0.4) is 0 Å². The summed E-state index contributed by atoms with van der Waals surface area (Å²) in [4.78, 5) is 37.4. The summed E-state index contributed by atoms with van der Waals surface area (Å²) in [5, 5.41) is 12.9. The SMILES string of the molecule is N#CC1=CC2=CC(C(=O)N3CCC[C@@H]3c3cccc(C(=O)Nc4nc5c(s4)C[C@@H](N4CCOCC4)CC5)c3)=CC2C=C1. The summed E-state index contributed by atoms with van der Waals surface area (Å²) >= 11 is 1.59. The van der Waals surface area contributed by atoms with Crippen LogP contribution in [0.2, 0.25) is 0 Å². The minimum absolute atomic E-state index is 0.00156. The maximum atomic E-state index is 13.6. The third-order valence-corrected chi connectivity index (χ3v) is 10.0. The lowest BCUT2D eigenvalue weighted by atomic mass is 9.95. The molecule has 7 rings (SSSR count). The number of nitriles is 1. The van der Waals surface area contributed by atoms with Gasteiger partial charge in [-0.3, -0.25) is 19.8 Å². The molecule has 9 heteroatoms. The molecule has 2 aromatic rings. The van der Waals surface area contributed by atoms with Crippen LogP contribution in [0.5, 0.6) is 0 Å². The van der Waals surface area contributed by atoms with Crippen molar-refractivity contribution < 1.29 is 14.3 Å². The first-order valence-corrected chi connectivity index (χ1v) is 15.6. The number of ether oxygens (including phenoxy) is 1. The van der Waals surface area contributed by atoms with Gasteiger partial charge in [0.2, 0.25) is 0 Å². The van der Waals surface area contributed by atoms with E-state index in [1.807, 2.05) is 59.5 Å². The molecule has 2 fully saturated rings. The lowest BCUT2D eigenvalue weighted by Crippen LogP contribution is -2.45. The number of allylic oxidation sites excluding steroid dienone is 6. The lowest BCUT2D eigenvalue weighted by Gasteiger charge is -2.36. The second kappa shape index (κ2) is 11.4. The Bertz CT molecular complexity index is 1590. The zero-order valence-corrected chi connectivity index (χ0v) is 24.2. The number of likely N-dealkylation sites (tertiary alicyclic amines) is 1. The van der Waals surface area contributed by atoms with E-state index in [2.05, 4.69) is 16.3 Å². The van der Waals surface area contributed by atoms with E-state index < -0.39 is 0 Å². The van der Waals surface area contributed by atoms with Crippen molar-refractivity contribution in [1.29, 1.82) is 5.26 Å². The molecule has 1 aromatic carbocycles. The number of amides is 2. The van der Waals surface area contributed by atoms with Crippen LogP contribution in [-0.2, 0) is 22.4 Å². The minimum atomic E-state index is -0.178. The van der Waals surface area contributed by atoms with Gasteiger partial charge >= 0.3 is 0 Å². The summed E-state index contributed by atoms with van der Waals surface area (Å²) in [6.07, 6.45) is 14.3. The number of anilines is 1. The zero-order valence-electron chi connectivity index (χ0n) is 23.4. The van der Waals surface area contributed by atoms with Crippen LogP contribution in [0.4, 0.5) is 5.13 Å². The van der Waals surface area contributed by atoms with Crippen LogP contribution in [0.15, 0.2) is 71.4 Å². The van der Waals surface area contributed by atoms with Crippen molar-refractivity contribution in [1.82, 2.24) is 14.8 Å². The normalized spacial score (nSPS) is 25.2. The Kier molecular flexibility index (Phi) is 7.36. The largest absolute Gasteiger partial charge is 0.379 e. The van der Waals surface area contributed by atoms with Crippen molar-refractivity contribution in [2.24, 2.45) is 5.92 Å². The summed E-state index contributed by atoms with van der Waals surface area (Å²) < 4.78 is 5.52. The van der Waals surface area contributed by atoms with Crippen LogP contribution in [0.25, 0.3) is 0 Å². The third kappa shape index (κ3) is 5.26. The van der Waals surface area contributed by atoms with E-state index in [0.717, 1.165) is 75.2 Å². The van der Waals surface area contributed by atoms with E-state index >= 15 is 0 Å². The minimum Gasteiger partial charge on any atom is -0.379 e. The van der Waals surface area contributed by atoms with E-state index in [0.29, 0.717) is 34.4 Å². The Morgan fingerprint density at radius 3 is 2.88 bits per heavy atom. The van der Waals surface area contributed by atoms with Gasteiger partial charge in [0.05, 0.1) is 36.6 Å². The molecule has 2 aliphatic heterocycles. The predicted octanol–water partition coefficient (Wildman–Crippen LogP) is 4.75. The van der Waals surface area contributed by atoms with Crippen LogP contribution in [0.1, 0.15) is 51.8 Å². The van der Waals surface area contributed by atoms with Gasteiger partial charge in [-0.2, -0.15) is 5.26 Å². The van der Waals surface area contributed by atoms with E-state index in [4.69, 9.17) is 9.72 Å². The zero-order chi connectivity index (χ0) is 28.6. The van der Waals surface area contributed by atoms with Crippen LogP contribution in [0, 0.1) is 17.2 Å². The molecule has 2 amide bonds. The summed E-state index contributed by atoms with van der Waals surface area (Å²) in [6.45, 7) is 4.24. The van der Waals surface area contributed by atoms with E-state index in [1.165, 1.54) is 4.88 Å². The Morgan fingerprint density at radius 1 is 1.14 bits per heavy atom. The summed E-state index contributed by atoms with van der Waals surface area (Å²) in [7, 11) is 0. The average molecular weight is 580 g/mol. The van der Waals surface area contributed by atoms with Crippen molar-refractivity contribution >= 4 is 28.3 Å². The molecule has 0 radical (unpaired) electrons. The van der Waals surface area contributed by atoms with Gasteiger partial charge < -0.3 is 9.64 Å². The number of hydrogen-bond donors (Lipinski definition) is 1. The first-order valence-electron chi connectivity index (χ1n) is 14.8. The van der Waals surface area contributed by atoms with Gasteiger partial charge in [0, 0.05) is 47.6 Å². The first-order chi connectivity index (χ1) is 20.6. The highest BCUT2D eigenvalue weighted by Gasteiger charge is 2.34. The van der Waals surface area contributed by atoms with E-state index in [9.17, 15) is 14.9 Å². The van der Waals surface area contributed by atoms with Crippen molar-refractivity contribution in [2.75, 3.05) is 38.2 Å². The number of fused-ring (bicyclic) bond motifs is 2. The average Bonchev–Trinajstić information content (AvgIpc) is 3.78. The van der Waals surface area contributed by atoms with Gasteiger partial charge in [0.1, 0.15) is 0 Å². The van der Waals surface area contributed by atoms with Crippen LogP contribution >= 0.6 is 11.3 Å². The molecule has 1 aromatic heterocycles. The number of aryl methyl sites for hydroxylation is 1. The molecule has 0 bridgehead atoms. The fraction of sp³-hybridized carbons (Fsp3) is 0.394. The molecule has 0 spiro atoms. The number of hydrogen-bond acceptors (Lipinski definition) is 7. The molecule has 8 nitrogen and oxygen atoms in total. The van der Waals surface area contributed by atoms with Gasteiger partial charge in [-0.15, -0.1) is 11.3 Å². The molecule has 5 aliphatic rings. The topological polar surface area (TPSA) is 98.6 Å². The van der Waals surface area contributed by atoms with E-state index in [-0.39, 0.29) is 23.8 Å². The molecular weight excluding hydrogens is 546 g/mol. The lowest BCUT2D eigenvalue weighted by molar-refractivity contribution is -0.127. The Hall–Kier alpha value is -3.84. The standard InChI is InChI=1S/C33H33N5O3S/c34-20-21-6-7-22-16-26(18-25(22)15-21)32(40)38-10-2-5-29(38)23-3-1-4-24(17-23)31(39)36-33-35-28-9-8-27(19-30(28)42-33)37-11-13-41-14-12-37/h1,3-4,6-7,15-18,22,27,29H,2,5,8-14,19H2,(H,35,36,39)/t22?,27-,29+/m0/s1. The highest BCUT2D eigenvalue weighted by molar-refractivity contribution is 7.15. The number of nitrogens with one attached hydrogen (secondary N) is 1. The van der Waals surface area contributed by atoms with Gasteiger partial charge in [0.25, 0.3) is 11.8 Å². The number of morpholine rings is 1. The fourth-order valence-electron chi connectivity index (χ4n) is 6.80. The van der Waals surface area contributed by atoms with Gasteiger partial charge in [-0.05, 0) is 73.6 Å². The number of rotatable bonds is 5. The number of nitrogens with zero attached hydrogens (tertiary/aromatic N) is 4. The molecule has 3 atom stereocenters. The van der Waals surface area contributed by atoms with Crippen molar-refractivity contribution in [3.05, 3.63) is 93.1 Å². The number of benzene rings is 1. The smallest absolute Gasteiger partial charge is 0.257 e. The summed E-state index contributed by atoms with van der Waals surface area (Å²) in [5.74, 6) is -0.142. The fourth-order valence-corrected chi connectivity index (χ4v) is 7.87. The van der Waals surface area contributed by atoms with Crippen LogP contribution in [-0.4, -0.2) is 65.5 Å². The summed E-state index contributed by atoms with van der Waals surface area (Å²) in [6, 6.07) is 10.2. The van der Waals surface area contributed by atoms with Crippen molar-refractivity contribution in [2.45, 2.75) is 44.2 Å². The molecule has 3 heterocycles. The number of carbonyl (C=O) groups is 2. The Balaban J connectivity index is 1.03. The highest BCUT2D eigenvalue weighted by Crippen LogP contribution is 2.37. The summed E-state index contributed by atoms with van der Waals surface area (Å²) in [5.41, 5.74) is 4.89. The Morgan fingerprint density at radius 2 is 2.02 bits per heavy atom. The number of carbonyl (C=O) groups excluding carboxylic acids is 2. The molecule has 42 heavy (non-hydrogen) atoms. The molecule has 1 unspecified atom stereocenters. The second-order valence-corrected chi connectivity index (χ2v) is 12.6. The van der Waals surface area contributed by atoms with Crippen molar-refractivity contribution in [3.8, 4) is 6.07 Å². The first kappa shape index (κ1) is 27.0. The van der Waals surface area contributed by atoms with Crippen LogP contribution < -0.4 is 5.32 Å². The maximum Gasteiger partial charge on any atom is 0.257 e. The Labute approximate surface area is 249 Å². The molecule has 0 saturated carbocycles. The van der Waals surface area contributed by atoms with E-state index in [1.54, 1.807) is 11.3 Å². The number of thiazole rings is 1. The maximum absolute atomic E-state index is 13.6. The highest BCUT2D eigenvalue weighted by atomic mass is 32.1. The second-order valence-electron chi connectivity index (χ2n) is 11.5. The van der Waals surface area contributed by atoms with Crippen molar-refractivity contribution in [3.63, 3.8) is 0 Å². The molecule has 3 aliphatic carbocycles.